The molecule has 1 aliphatic heterocycles. The molecule has 84 valence electrons. The van der Waals surface area contributed by atoms with Crippen molar-refractivity contribution in [3.8, 4) is 0 Å². The van der Waals surface area contributed by atoms with Crippen LogP contribution in [0.2, 0.25) is 0 Å². The van der Waals surface area contributed by atoms with E-state index >= 15 is 0 Å². The number of ketones is 1. The van der Waals surface area contributed by atoms with Gasteiger partial charge in [0.1, 0.15) is 0 Å². The molecular formula is C10H9BF2O3. The second-order valence-electron chi connectivity index (χ2n) is 3.65. The van der Waals surface area contributed by atoms with Gasteiger partial charge in [-0.15, -0.1) is 0 Å². The first kappa shape index (κ1) is 11.2. The first-order chi connectivity index (χ1) is 7.50. The lowest BCUT2D eigenvalue weighted by molar-refractivity contribution is 0.101. The Balaban J connectivity index is 2.61. The van der Waals surface area contributed by atoms with Gasteiger partial charge in [-0.3, -0.25) is 4.79 Å². The van der Waals surface area contributed by atoms with E-state index in [1.807, 2.05) is 0 Å². The molecule has 1 N–H and O–H groups in total. The zero-order valence-corrected chi connectivity index (χ0v) is 8.54. The summed E-state index contributed by atoms with van der Waals surface area (Å²) in [6.45, 7) is 1.24. The molecule has 0 unspecified atom stereocenters. The summed E-state index contributed by atoms with van der Waals surface area (Å²) in [7, 11) is -1.22. The fourth-order valence-corrected chi connectivity index (χ4v) is 1.75. The monoisotopic (exact) mass is 226 g/mol. The van der Waals surface area contributed by atoms with Gasteiger partial charge in [-0.2, -0.15) is 0 Å². The minimum Gasteiger partial charge on any atom is -0.423 e. The number of hydrogen-bond donors (Lipinski definition) is 1. The Hall–Kier alpha value is -1.27. The van der Waals surface area contributed by atoms with E-state index in [1.54, 1.807) is 0 Å². The Kier molecular flexibility index (Phi) is 2.77. The molecule has 1 heterocycles. The van der Waals surface area contributed by atoms with E-state index in [0.717, 1.165) is 6.07 Å². The van der Waals surface area contributed by atoms with Gasteiger partial charge in [0, 0.05) is 11.1 Å². The standard InChI is InChI=1S/C10H9BF2O3/c1-5(14)6-2-7(10(12)13)8-4-16-11(15)9(8)3-6/h2-3,10,15H,4H2,1H3. The normalized spacial score (nSPS) is 14.4. The maximum Gasteiger partial charge on any atom is 0.491 e. The molecule has 0 saturated heterocycles. The molecule has 0 amide bonds. The molecule has 0 spiro atoms. The van der Waals surface area contributed by atoms with Crippen molar-refractivity contribution in [3.05, 3.63) is 28.8 Å². The largest absolute Gasteiger partial charge is 0.491 e. The summed E-state index contributed by atoms with van der Waals surface area (Å²) < 4.78 is 30.3. The molecule has 0 radical (unpaired) electrons. The highest BCUT2D eigenvalue weighted by molar-refractivity contribution is 6.61. The average molecular weight is 226 g/mol. The molecule has 16 heavy (non-hydrogen) atoms. The Morgan fingerprint density at radius 1 is 1.56 bits per heavy atom. The van der Waals surface area contributed by atoms with Crippen LogP contribution in [0.3, 0.4) is 0 Å². The second kappa shape index (κ2) is 3.95. The number of rotatable bonds is 2. The van der Waals surface area contributed by atoms with Gasteiger partial charge < -0.3 is 9.68 Å². The second-order valence-corrected chi connectivity index (χ2v) is 3.65. The molecule has 6 heteroatoms. The zero-order chi connectivity index (χ0) is 11.9. The highest BCUT2D eigenvalue weighted by Gasteiger charge is 2.32. The number of hydrogen-bond acceptors (Lipinski definition) is 3. The van der Waals surface area contributed by atoms with Gasteiger partial charge in [-0.25, -0.2) is 8.78 Å². The van der Waals surface area contributed by atoms with Crippen molar-refractivity contribution in [1.29, 1.82) is 0 Å². The van der Waals surface area contributed by atoms with Crippen LogP contribution in [0.15, 0.2) is 12.1 Å². The van der Waals surface area contributed by atoms with Crippen LogP contribution >= 0.6 is 0 Å². The van der Waals surface area contributed by atoms with Crippen LogP contribution < -0.4 is 5.46 Å². The molecule has 2 rings (SSSR count). The van der Waals surface area contributed by atoms with Crippen LogP contribution in [0, 0.1) is 0 Å². The van der Waals surface area contributed by atoms with Gasteiger partial charge in [-0.1, -0.05) is 6.07 Å². The van der Waals surface area contributed by atoms with E-state index < -0.39 is 13.5 Å². The maximum atomic E-state index is 12.7. The van der Waals surface area contributed by atoms with Crippen molar-refractivity contribution in [2.24, 2.45) is 0 Å². The van der Waals surface area contributed by atoms with Crippen molar-refractivity contribution >= 4 is 18.4 Å². The molecule has 1 aromatic rings. The lowest BCUT2D eigenvalue weighted by Crippen LogP contribution is -2.29. The van der Waals surface area contributed by atoms with E-state index in [2.05, 4.69) is 0 Å². The first-order valence-corrected chi connectivity index (χ1v) is 4.76. The molecule has 0 atom stereocenters. The molecule has 0 aromatic heterocycles. The molecule has 0 saturated carbocycles. The number of benzene rings is 1. The predicted molar refractivity (Wildman–Crippen MR) is 53.8 cm³/mol. The van der Waals surface area contributed by atoms with E-state index in [4.69, 9.17) is 4.65 Å². The van der Waals surface area contributed by atoms with Crippen LogP contribution in [0.5, 0.6) is 0 Å². The Morgan fingerprint density at radius 2 is 2.25 bits per heavy atom. The van der Waals surface area contributed by atoms with E-state index in [9.17, 15) is 18.6 Å². The Labute approximate surface area is 91.2 Å². The van der Waals surface area contributed by atoms with Crippen LogP contribution in [0.25, 0.3) is 0 Å². The quantitative estimate of drug-likeness (QED) is 0.605. The minimum absolute atomic E-state index is 0.0473. The number of carbonyl (C=O) groups excluding carboxylic acids is 1. The molecule has 0 aliphatic carbocycles. The fraction of sp³-hybridized carbons (Fsp3) is 0.300. The van der Waals surface area contributed by atoms with Gasteiger partial charge >= 0.3 is 7.12 Å². The van der Waals surface area contributed by atoms with Crippen LogP contribution in [-0.4, -0.2) is 17.9 Å². The van der Waals surface area contributed by atoms with Crippen molar-refractivity contribution in [1.82, 2.24) is 0 Å². The van der Waals surface area contributed by atoms with Gasteiger partial charge in [0.25, 0.3) is 6.43 Å². The number of fused-ring (bicyclic) bond motifs is 1. The third kappa shape index (κ3) is 1.74. The van der Waals surface area contributed by atoms with Crippen LogP contribution in [0.4, 0.5) is 8.78 Å². The zero-order valence-electron chi connectivity index (χ0n) is 8.54. The topological polar surface area (TPSA) is 46.5 Å². The summed E-state index contributed by atoms with van der Waals surface area (Å²) in [5.41, 5.74) is 0.480. The third-order valence-electron chi connectivity index (χ3n) is 2.61. The van der Waals surface area contributed by atoms with E-state index in [0.29, 0.717) is 0 Å². The molecule has 0 fully saturated rings. The molecule has 1 aromatic carbocycles. The lowest BCUT2D eigenvalue weighted by atomic mass is 9.77. The minimum atomic E-state index is -2.68. The van der Waals surface area contributed by atoms with Gasteiger partial charge in [0.2, 0.25) is 0 Å². The number of alkyl halides is 2. The summed E-state index contributed by atoms with van der Waals surface area (Å²) in [6.07, 6.45) is -2.68. The van der Waals surface area contributed by atoms with Crippen LogP contribution in [-0.2, 0) is 11.3 Å². The van der Waals surface area contributed by atoms with E-state index in [1.165, 1.54) is 13.0 Å². The number of Topliss-reactive ketones (excluding diaryl/α,β-unsaturated/α-hetero) is 1. The van der Waals surface area contributed by atoms with Crippen molar-refractivity contribution < 1.29 is 23.3 Å². The summed E-state index contributed by atoms with van der Waals surface area (Å²) >= 11 is 0. The average Bonchev–Trinajstić information content (AvgIpc) is 2.59. The first-order valence-electron chi connectivity index (χ1n) is 4.76. The van der Waals surface area contributed by atoms with Crippen LogP contribution in [0.1, 0.15) is 34.8 Å². The highest BCUT2D eigenvalue weighted by atomic mass is 19.3. The molecule has 3 nitrogen and oxygen atoms in total. The van der Waals surface area contributed by atoms with Gasteiger partial charge in [-0.05, 0) is 24.0 Å². The van der Waals surface area contributed by atoms with Gasteiger partial charge in [0.15, 0.2) is 5.78 Å². The summed E-state index contributed by atoms with van der Waals surface area (Å²) in [6, 6.07) is 2.56. The Bertz CT molecular complexity index is 448. The Morgan fingerprint density at radius 3 is 2.81 bits per heavy atom. The molecule has 1 aliphatic rings. The SMILES string of the molecule is CC(=O)c1cc2c(c(C(F)F)c1)COB2O. The highest BCUT2D eigenvalue weighted by Crippen LogP contribution is 2.26. The summed E-state index contributed by atoms with van der Waals surface area (Å²) in [5.74, 6) is -0.316. The smallest absolute Gasteiger partial charge is 0.423 e. The maximum absolute atomic E-state index is 12.7. The van der Waals surface area contributed by atoms with Crippen molar-refractivity contribution in [2.45, 2.75) is 20.0 Å². The van der Waals surface area contributed by atoms with Crippen molar-refractivity contribution in [3.63, 3.8) is 0 Å². The lowest BCUT2D eigenvalue weighted by Gasteiger charge is -2.08. The summed E-state index contributed by atoms with van der Waals surface area (Å²) in [4.78, 5) is 11.2. The predicted octanol–water partition coefficient (Wildman–Crippen LogP) is 1.04. The molecule has 0 bridgehead atoms. The molecular weight excluding hydrogens is 217 g/mol. The fourth-order valence-electron chi connectivity index (χ4n) is 1.75. The number of carbonyl (C=O) groups is 1. The van der Waals surface area contributed by atoms with Gasteiger partial charge in [0.05, 0.1) is 6.61 Å². The van der Waals surface area contributed by atoms with E-state index in [-0.39, 0.29) is 34.5 Å². The third-order valence-corrected chi connectivity index (χ3v) is 2.61. The number of halogens is 2. The van der Waals surface area contributed by atoms with Crippen molar-refractivity contribution in [2.75, 3.05) is 0 Å². The summed E-state index contributed by atoms with van der Waals surface area (Å²) in [5, 5.41) is 9.42.